The van der Waals surface area contributed by atoms with Crippen LogP contribution in [-0.4, -0.2) is 44.9 Å². The number of anilines is 1. The predicted molar refractivity (Wildman–Crippen MR) is 122 cm³/mol. The number of Topliss-reactive ketones (excluding diaryl/α,β-unsaturated/α-hetero) is 1. The smallest absolute Gasteiger partial charge is 0.340 e. The lowest BCUT2D eigenvalue weighted by atomic mass is 10.1. The van der Waals surface area contributed by atoms with E-state index in [1.807, 2.05) is 0 Å². The number of ether oxygens (including phenoxy) is 3. The summed E-state index contributed by atoms with van der Waals surface area (Å²) in [5.41, 5.74) is -0.410. The summed E-state index contributed by atoms with van der Waals surface area (Å²) < 4.78 is 43.7. The van der Waals surface area contributed by atoms with Crippen molar-refractivity contribution in [1.29, 1.82) is 0 Å². The Morgan fingerprint density at radius 2 is 1.71 bits per heavy atom. The van der Waals surface area contributed by atoms with Gasteiger partial charge in [-0.3, -0.25) is 19.6 Å². The van der Waals surface area contributed by atoms with Gasteiger partial charge in [-0.2, -0.15) is 0 Å². The van der Waals surface area contributed by atoms with Crippen molar-refractivity contribution >= 4 is 33.2 Å². The first-order valence-corrected chi connectivity index (χ1v) is 11.7. The molecule has 12 heteroatoms. The van der Waals surface area contributed by atoms with Crippen LogP contribution in [0.4, 0.5) is 11.4 Å². The zero-order chi connectivity index (χ0) is 25.0. The third-order valence-corrected chi connectivity index (χ3v) is 6.29. The second-order valence-electron chi connectivity index (χ2n) is 7.26. The second-order valence-corrected chi connectivity index (χ2v) is 8.95. The highest BCUT2D eigenvalue weighted by Crippen LogP contribution is 2.31. The number of nitrogens with one attached hydrogen (secondary N) is 1. The van der Waals surface area contributed by atoms with Crippen molar-refractivity contribution in [3.05, 3.63) is 88.0 Å². The molecule has 3 aromatic rings. The lowest BCUT2D eigenvalue weighted by Gasteiger charge is -2.18. The Balaban J connectivity index is 1.48. The molecule has 0 saturated carbocycles. The zero-order valence-corrected chi connectivity index (χ0v) is 18.8. The summed E-state index contributed by atoms with van der Waals surface area (Å²) in [5.74, 6) is -0.512. The maximum Gasteiger partial charge on any atom is 0.340 e. The van der Waals surface area contributed by atoms with Gasteiger partial charge in [-0.1, -0.05) is 18.2 Å². The fourth-order valence-electron chi connectivity index (χ4n) is 3.23. The number of esters is 1. The van der Waals surface area contributed by atoms with Gasteiger partial charge in [0.15, 0.2) is 23.9 Å². The molecule has 0 saturated heterocycles. The van der Waals surface area contributed by atoms with Gasteiger partial charge in [0.1, 0.15) is 13.2 Å². The molecule has 1 aliphatic heterocycles. The first-order valence-electron chi connectivity index (χ1n) is 10.2. The predicted octanol–water partition coefficient (Wildman–Crippen LogP) is 3.21. The minimum absolute atomic E-state index is 0.115. The largest absolute Gasteiger partial charge is 0.486 e. The number of carbonyl (C=O) groups excluding carboxylic acids is 2. The van der Waals surface area contributed by atoms with Crippen molar-refractivity contribution in [2.45, 2.75) is 4.90 Å². The van der Waals surface area contributed by atoms with Gasteiger partial charge in [-0.25, -0.2) is 13.2 Å². The number of benzene rings is 3. The number of ketones is 1. The summed E-state index contributed by atoms with van der Waals surface area (Å²) in [4.78, 5) is 35.1. The van der Waals surface area contributed by atoms with Gasteiger partial charge < -0.3 is 14.2 Å². The summed E-state index contributed by atoms with van der Waals surface area (Å²) >= 11 is 0. The fraction of sp³-hybridized carbons (Fsp3) is 0.130. The highest BCUT2D eigenvalue weighted by Gasteiger charge is 2.22. The summed E-state index contributed by atoms with van der Waals surface area (Å²) in [5, 5.41) is 11.0. The van der Waals surface area contributed by atoms with E-state index in [0.717, 1.165) is 12.1 Å². The number of nitro groups is 1. The Morgan fingerprint density at radius 3 is 2.49 bits per heavy atom. The molecule has 180 valence electrons. The van der Waals surface area contributed by atoms with E-state index in [4.69, 9.17) is 14.2 Å². The van der Waals surface area contributed by atoms with Crippen LogP contribution in [0, 0.1) is 10.1 Å². The van der Waals surface area contributed by atoms with Gasteiger partial charge in [0, 0.05) is 17.7 Å². The number of hydrogen-bond acceptors (Lipinski definition) is 9. The van der Waals surface area contributed by atoms with Gasteiger partial charge in [0.25, 0.3) is 15.7 Å². The summed E-state index contributed by atoms with van der Waals surface area (Å²) in [6, 6.07) is 14.7. The molecule has 0 unspecified atom stereocenters. The lowest BCUT2D eigenvalue weighted by Crippen LogP contribution is -2.19. The highest BCUT2D eigenvalue weighted by atomic mass is 32.2. The lowest BCUT2D eigenvalue weighted by molar-refractivity contribution is -0.385. The third kappa shape index (κ3) is 5.38. The molecule has 0 aromatic heterocycles. The van der Waals surface area contributed by atoms with E-state index in [0.29, 0.717) is 24.7 Å². The van der Waals surface area contributed by atoms with Crippen LogP contribution in [0.2, 0.25) is 0 Å². The molecule has 3 aromatic carbocycles. The molecule has 0 atom stereocenters. The zero-order valence-electron chi connectivity index (χ0n) is 18.0. The molecular formula is C23H18N2O9S. The molecule has 1 aliphatic rings. The number of sulfonamides is 1. The fourth-order valence-corrected chi connectivity index (χ4v) is 4.35. The van der Waals surface area contributed by atoms with Gasteiger partial charge in [0.2, 0.25) is 0 Å². The van der Waals surface area contributed by atoms with Crippen molar-refractivity contribution in [3.8, 4) is 11.5 Å². The molecule has 35 heavy (non-hydrogen) atoms. The monoisotopic (exact) mass is 498 g/mol. The van der Waals surface area contributed by atoms with E-state index in [2.05, 4.69) is 4.72 Å². The SMILES string of the molecule is O=C(COC(=O)c1ccccc1NS(=O)(=O)c1cccc([N+](=O)[O-])c1)c1ccc2c(c1)OCCO2. The van der Waals surface area contributed by atoms with E-state index >= 15 is 0 Å². The van der Waals surface area contributed by atoms with E-state index in [1.165, 1.54) is 48.5 Å². The minimum Gasteiger partial charge on any atom is -0.486 e. The highest BCUT2D eigenvalue weighted by molar-refractivity contribution is 7.92. The second kappa shape index (κ2) is 9.81. The van der Waals surface area contributed by atoms with Crippen molar-refractivity contribution < 1.29 is 37.1 Å². The molecule has 0 bridgehead atoms. The van der Waals surface area contributed by atoms with E-state index < -0.39 is 39.0 Å². The first-order chi connectivity index (χ1) is 16.7. The average Bonchev–Trinajstić information content (AvgIpc) is 2.87. The molecule has 0 fully saturated rings. The molecule has 11 nitrogen and oxygen atoms in total. The van der Waals surface area contributed by atoms with Crippen molar-refractivity contribution in [1.82, 2.24) is 0 Å². The Morgan fingerprint density at radius 1 is 0.971 bits per heavy atom. The number of hydrogen-bond donors (Lipinski definition) is 1. The number of nitrogens with zero attached hydrogens (tertiary/aromatic N) is 1. The first kappa shape index (κ1) is 23.7. The molecular weight excluding hydrogens is 480 g/mol. The van der Waals surface area contributed by atoms with Crippen LogP contribution in [0.1, 0.15) is 20.7 Å². The maximum atomic E-state index is 12.8. The molecule has 0 radical (unpaired) electrons. The van der Waals surface area contributed by atoms with Crippen LogP contribution in [0.15, 0.2) is 71.6 Å². The molecule has 0 spiro atoms. The normalized spacial score (nSPS) is 12.5. The third-order valence-electron chi connectivity index (χ3n) is 4.93. The number of para-hydroxylation sites is 1. The van der Waals surface area contributed by atoms with Gasteiger partial charge >= 0.3 is 5.97 Å². The number of non-ortho nitro benzene ring substituents is 1. The molecule has 1 N–H and O–H groups in total. The quantitative estimate of drug-likeness (QED) is 0.214. The molecule has 4 rings (SSSR count). The van der Waals surface area contributed by atoms with E-state index in [9.17, 15) is 28.1 Å². The van der Waals surface area contributed by atoms with Crippen molar-refractivity contribution in [3.63, 3.8) is 0 Å². The minimum atomic E-state index is -4.26. The number of nitro benzene ring substituents is 1. The number of carbonyl (C=O) groups is 2. The summed E-state index contributed by atoms with van der Waals surface area (Å²) in [7, 11) is -4.26. The summed E-state index contributed by atoms with van der Waals surface area (Å²) in [6.07, 6.45) is 0. The van der Waals surface area contributed by atoms with Gasteiger partial charge in [-0.05, 0) is 36.4 Å². The van der Waals surface area contributed by atoms with E-state index in [-0.39, 0.29) is 21.7 Å². The van der Waals surface area contributed by atoms with Crippen LogP contribution in [-0.2, 0) is 14.8 Å². The van der Waals surface area contributed by atoms with Crippen LogP contribution < -0.4 is 14.2 Å². The van der Waals surface area contributed by atoms with Gasteiger partial charge in [-0.15, -0.1) is 0 Å². The summed E-state index contributed by atoms with van der Waals surface area (Å²) in [6.45, 7) is 0.162. The van der Waals surface area contributed by atoms with Crippen LogP contribution in [0.5, 0.6) is 11.5 Å². The number of fused-ring (bicyclic) bond motifs is 1. The van der Waals surface area contributed by atoms with Crippen LogP contribution in [0.3, 0.4) is 0 Å². The topological polar surface area (TPSA) is 151 Å². The van der Waals surface area contributed by atoms with Crippen LogP contribution in [0.25, 0.3) is 0 Å². The molecule has 0 aliphatic carbocycles. The molecule has 0 amide bonds. The Hall–Kier alpha value is -4.45. The molecule has 1 heterocycles. The van der Waals surface area contributed by atoms with Crippen molar-refractivity contribution in [2.24, 2.45) is 0 Å². The van der Waals surface area contributed by atoms with E-state index in [1.54, 1.807) is 6.07 Å². The van der Waals surface area contributed by atoms with Crippen LogP contribution >= 0.6 is 0 Å². The Bertz CT molecular complexity index is 1420. The standard InChI is InChI=1S/C23H18N2O9S/c26-20(15-8-9-21-22(12-15)33-11-10-32-21)14-34-23(27)18-6-1-2-7-19(18)24-35(30,31)17-5-3-4-16(13-17)25(28)29/h1-9,12-13,24H,10-11,14H2. The maximum absolute atomic E-state index is 12.8. The Kier molecular flexibility index (Phi) is 6.64. The van der Waals surface area contributed by atoms with Crippen molar-refractivity contribution in [2.75, 3.05) is 24.5 Å². The Labute approximate surface area is 199 Å². The number of rotatable bonds is 8. The average molecular weight is 498 g/mol. The van der Waals surface area contributed by atoms with Gasteiger partial charge in [0.05, 0.1) is 21.1 Å².